The van der Waals surface area contributed by atoms with Crippen LogP contribution in [0.2, 0.25) is 0 Å². The molecule has 0 unspecified atom stereocenters. The number of hydrogen-bond acceptors (Lipinski definition) is 3. The number of nitrogens with one attached hydrogen (secondary N) is 2. The van der Waals surface area contributed by atoms with E-state index in [1.165, 1.54) is 0 Å². The van der Waals surface area contributed by atoms with E-state index in [4.69, 9.17) is 17.0 Å². The minimum Gasteiger partial charge on any atom is -0.376 e. The Labute approximate surface area is 147 Å². The highest BCUT2D eigenvalue weighted by Crippen LogP contribution is 2.11. The zero-order valence-corrected chi connectivity index (χ0v) is 14.3. The second kappa shape index (κ2) is 8.57. The number of thiocarbonyl (C=S) groups is 1. The zero-order chi connectivity index (χ0) is 16.6. The Kier molecular flexibility index (Phi) is 5.93. The van der Waals surface area contributed by atoms with Gasteiger partial charge in [0.2, 0.25) is 0 Å². The molecule has 1 saturated heterocycles. The van der Waals surface area contributed by atoms with Crippen molar-refractivity contribution in [3.8, 4) is 0 Å². The second-order valence-corrected chi connectivity index (χ2v) is 6.06. The molecule has 0 radical (unpaired) electrons. The molecule has 5 heteroatoms. The Morgan fingerprint density at radius 1 is 1.04 bits per heavy atom. The summed E-state index contributed by atoms with van der Waals surface area (Å²) in [6, 6.07) is 20.1. The van der Waals surface area contributed by atoms with Gasteiger partial charge in [-0.15, -0.1) is 0 Å². The normalized spacial score (nSPS) is 16.4. The number of hydrazone groups is 1. The van der Waals surface area contributed by atoms with E-state index in [1.54, 1.807) is 0 Å². The Hall–Kier alpha value is -2.24. The summed E-state index contributed by atoms with van der Waals surface area (Å²) in [6.07, 6.45) is 2.45. The van der Waals surface area contributed by atoms with Crippen molar-refractivity contribution >= 4 is 23.0 Å². The summed E-state index contributed by atoms with van der Waals surface area (Å²) in [6.45, 7) is 1.56. The van der Waals surface area contributed by atoms with E-state index in [0.29, 0.717) is 11.7 Å². The van der Waals surface area contributed by atoms with Crippen molar-refractivity contribution in [3.63, 3.8) is 0 Å². The van der Waals surface area contributed by atoms with Gasteiger partial charge in [0.1, 0.15) is 0 Å². The average molecular weight is 339 g/mol. The molecule has 0 aromatic heterocycles. The highest BCUT2D eigenvalue weighted by Gasteiger charge is 2.15. The maximum atomic E-state index is 5.58. The Morgan fingerprint density at radius 2 is 1.67 bits per heavy atom. The molecular formula is C19H21N3OS. The molecule has 1 aliphatic heterocycles. The molecule has 1 atom stereocenters. The van der Waals surface area contributed by atoms with Crippen LogP contribution >= 0.6 is 12.2 Å². The van der Waals surface area contributed by atoms with Crippen LogP contribution in [0.25, 0.3) is 0 Å². The predicted molar refractivity (Wildman–Crippen MR) is 101 cm³/mol. The average Bonchev–Trinajstić information content (AvgIpc) is 3.16. The van der Waals surface area contributed by atoms with Gasteiger partial charge in [-0.05, 0) is 25.1 Å². The molecule has 1 heterocycles. The van der Waals surface area contributed by atoms with Crippen molar-refractivity contribution in [2.45, 2.75) is 18.9 Å². The minimum absolute atomic E-state index is 0.247. The van der Waals surface area contributed by atoms with Crippen LogP contribution < -0.4 is 10.7 Å². The van der Waals surface area contributed by atoms with Gasteiger partial charge in [0, 0.05) is 24.3 Å². The number of ether oxygens (including phenoxy) is 1. The van der Waals surface area contributed by atoms with Gasteiger partial charge in [-0.25, -0.2) is 0 Å². The van der Waals surface area contributed by atoms with E-state index in [9.17, 15) is 0 Å². The molecule has 0 saturated carbocycles. The first-order valence-corrected chi connectivity index (χ1v) is 8.58. The monoisotopic (exact) mass is 339 g/mol. The van der Waals surface area contributed by atoms with E-state index in [2.05, 4.69) is 15.8 Å². The van der Waals surface area contributed by atoms with Crippen LogP contribution in [0, 0.1) is 0 Å². The van der Waals surface area contributed by atoms with Crippen LogP contribution in [0.15, 0.2) is 65.8 Å². The molecule has 2 aromatic rings. The standard InChI is InChI=1S/C19H21N3OS/c24-19(20-14-17-12-7-13-23-17)22-21-18(15-8-3-1-4-9-15)16-10-5-2-6-11-16/h1-6,8-11,17H,7,12-14H2,(H2,20,22,24)/t17-/m0/s1. The first-order chi connectivity index (χ1) is 11.8. The van der Waals surface area contributed by atoms with Crippen LogP contribution in [-0.4, -0.2) is 30.1 Å². The van der Waals surface area contributed by atoms with Crippen LogP contribution in [0.5, 0.6) is 0 Å². The number of nitrogens with zero attached hydrogens (tertiary/aromatic N) is 1. The molecule has 1 fully saturated rings. The first-order valence-electron chi connectivity index (χ1n) is 8.17. The molecule has 0 amide bonds. The summed E-state index contributed by atoms with van der Waals surface area (Å²) in [5.74, 6) is 0. The maximum Gasteiger partial charge on any atom is 0.187 e. The molecule has 0 spiro atoms. The summed E-state index contributed by atoms with van der Waals surface area (Å²) in [5.41, 5.74) is 5.90. The lowest BCUT2D eigenvalue weighted by atomic mass is 10.0. The largest absolute Gasteiger partial charge is 0.376 e. The van der Waals surface area contributed by atoms with Crippen LogP contribution in [-0.2, 0) is 4.74 Å². The molecule has 124 valence electrons. The molecular weight excluding hydrogens is 318 g/mol. The molecule has 3 rings (SSSR count). The fourth-order valence-corrected chi connectivity index (χ4v) is 2.77. The van der Waals surface area contributed by atoms with E-state index < -0.39 is 0 Å². The van der Waals surface area contributed by atoms with Crippen LogP contribution in [0.4, 0.5) is 0 Å². The van der Waals surface area contributed by atoms with Crippen molar-refractivity contribution in [2.24, 2.45) is 5.10 Å². The minimum atomic E-state index is 0.247. The molecule has 2 aromatic carbocycles. The molecule has 0 bridgehead atoms. The highest BCUT2D eigenvalue weighted by molar-refractivity contribution is 7.80. The summed E-state index contributed by atoms with van der Waals surface area (Å²) in [5, 5.41) is 8.21. The third-order valence-electron chi connectivity index (χ3n) is 3.88. The summed E-state index contributed by atoms with van der Waals surface area (Å²) < 4.78 is 5.58. The lowest BCUT2D eigenvalue weighted by Gasteiger charge is -2.13. The van der Waals surface area contributed by atoms with Crippen molar-refractivity contribution in [3.05, 3.63) is 71.8 Å². The number of benzene rings is 2. The SMILES string of the molecule is S=C(NC[C@@H]1CCCO1)NN=C(c1ccccc1)c1ccccc1. The molecule has 0 aliphatic carbocycles. The number of hydrogen-bond donors (Lipinski definition) is 2. The van der Waals surface area contributed by atoms with Gasteiger partial charge in [0.05, 0.1) is 11.8 Å². The van der Waals surface area contributed by atoms with Gasteiger partial charge in [-0.2, -0.15) is 5.10 Å². The van der Waals surface area contributed by atoms with E-state index in [-0.39, 0.29) is 6.10 Å². The molecule has 4 nitrogen and oxygen atoms in total. The zero-order valence-electron chi connectivity index (χ0n) is 13.4. The van der Waals surface area contributed by atoms with Gasteiger partial charge in [-0.3, -0.25) is 5.43 Å². The van der Waals surface area contributed by atoms with Crippen LogP contribution in [0.3, 0.4) is 0 Å². The van der Waals surface area contributed by atoms with Crippen molar-refractivity contribution < 1.29 is 4.74 Å². The lowest BCUT2D eigenvalue weighted by Crippen LogP contribution is -2.37. The van der Waals surface area contributed by atoms with Crippen molar-refractivity contribution in [1.29, 1.82) is 0 Å². The summed E-state index contributed by atoms with van der Waals surface area (Å²) >= 11 is 5.32. The molecule has 2 N–H and O–H groups in total. The summed E-state index contributed by atoms with van der Waals surface area (Å²) in [7, 11) is 0. The first kappa shape index (κ1) is 16.6. The van der Waals surface area contributed by atoms with E-state index in [0.717, 1.165) is 36.3 Å². The maximum absolute atomic E-state index is 5.58. The second-order valence-electron chi connectivity index (χ2n) is 5.65. The fraction of sp³-hybridized carbons (Fsp3) is 0.263. The van der Waals surface area contributed by atoms with Gasteiger partial charge in [-0.1, -0.05) is 60.7 Å². The van der Waals surface area contributed by atoms with Gasteiger partial charge >= 0.3 is 0 Å². The fourth-order valence-electron chi connectivity index (χ4n) is 2.65. The lowest BCUT2D eigenvalue weighted by molar-refractivity contribution is 0.114. The van der Waals surface area contributed by atoms with Crippen LogP contribution in [0.1, 0.15) is 24.0 Å². The predicted octanol–water partition coefficient (Wildman–Crippen LogP) is 3.08. The molecule has 24 heavy (non-hydrogen) atoms. The topological polar surface area (TPSA) is 45.6 Å². The van der Waals surface area contributed by atoms with Crippen molar-refractivity contribution in [2.75, 3.05) is 13.2 Å². The Bertz CT molecular complexity index is 641. The van der Waals surface area contributed by atoms with Gasteiger partial charge in [0.15, 0.2) is 5.11 Å². The molecule has 1 aliphatic rings. The quantitative estimate of drug-likeness (QED) is 0.499. The smallest absolute Gasteiger partial charge is 0.187 e. The van der Waals surface area contributed by atoms with E-state index in [1.807, 2.05) is 60.7 Å². The van der Waals surface area contributed by atoms with Gasteiger partial charge < -0.3 is 10.1 Å². The highest BCUT2D eigenvalue weighted by atomic mass is 32.1. The Morgan fingerprint density at radius 3 is 2.21 bits per heavy atom. The van der Waals surface area contributed by atoms with Gasteiger partial charge in [0.25, 0.3) is 0 Å². The third-order valence-corrected chi connectivity index (χ3v) is 4.11. The summed E-state index contributed by atoms with van der Waals surface area (Å²) in [4.78, 5) is 0. The Balaban J connectivity index is 1.68. The van der Waals surface area contributed by atoms with E-state index >= 15 is 0 Å². The van der Waals surface area contributed by atoms with Crippen molar-refractivity contribution in [1.82, 2.24) is 10.7 Å². The third kappa shape index (κ3) is 4.63. The number of rotatable bonds is 5.